The Morgan fingerprint density at radius 2 is 1.89 bits per heavy atom. The van der Waals surface area contributed by atoms with Crippen molar-refractivity contribution >= 4 is 11.8 Å². The van der Waals surface area contributed by atoms with Crippen molar-refractivity contribution in [2.24, 2.45) is 5.92 Å². The standard InChI is InChI=1S/C20H20F3NO3/c1-12-9-17(18(25)11-27-19(26)14-5-3-6-14)13(2)24(12)16-8-4-7-15(10-16)20(21,22)23/h4,7-10,14H,3,5-6,11H2,1-2H3. The van der Waals surface area contributed by atoms with Crippen LogP contribution in [0.25, 0.3) is 5.69 Å². The molecule has 2 aromatic rings. The van der Waals surface area contributed by atoms with Gasteiger partial charge < -0.3 is 9.30 Å². The maximum absolute atomic E-state index is 13.0. The van der Waals surface area contributed by atoms with Crippen LogP contribution in [0.4, 0.5) is 13.2 Å². The first-order valence-corrected chi connectivity index (χ1v) is 8.75. The van der Waals surface area contributed by atoms with Gasteiger partial charge in [-0.05, 0) is 51.0 Å². The van der Waals surface area contributed by atoms with Crippen molar-refractivity contribution in [3.8, 4) is 5.69 Å². The van der Waals surface area contributed by atoms with Crippen LogP contribution in [-0.4, -0.2) is 22.9 Å². The van der Waals surface area contributed by atoms with E-state index in [-0.39, 0.29) is 24.3 Å². The molecule has 144 valence electrons. The van der Waals surface area contributed by atoms with E-state index in [1.165, 1.54) is 6.07 Å². The van der Waals surface area contributed by atoms with Gasteiger partial charge in [0.15, 0.2) is 6.61 Å². The van der Waals surface area contributed by atoms with Crippen molar-refractivity contribution in [1.82, 2.24) is 4.57 Å². The number of Topliss-reactive ketones (excluding diaryl/α,β-unsaturated/α-hetero) is 1. The van der Waals surface area contributed by atoms with E-state index in [2.05, 4.69) is 0 Å². The summed E-state index contributed by atoms with van der Waals surface area (Å²) in [4.78, 5) is 24.2. The molecule has 1 aliphatic rings. The smallest absolute Gasteiger partial charge is 0.416 e. The fourth-order valence-corrected chi connectivity index (χ4v) is 3.24. The maximum Gasteiger partial charge on any atom is 0.416 e. The summed E-state index contributed by atoms with van der Waals surface area (Å²) < 4.78 is 45.6. The Hall–Kier alpha value is -2.57. The summed E-state index contributed by atoms with van der Waals surface area (Å²) in [5, 5.41) is 0. The Morgan fingerprint density at radius 3 is 2.48 bits per heavy atom. The zero-order valence-corrected chi connectivity index (χ0v) is 15.1. The van der Waals surface area contributed by atoms with Gasteiger partial charge in [0.2, 0.25) is 5.78 Å². The Labute approximate surface area is 154 Å². The lowest BCUT2D eigenvalue weighted by molar-refractivity contribution is -0.150. The van der Waals surface area contributed by atoms with Gasteiger partial charge in [-0.1, -0.05) is 12.5 Å². The second-order valence-electron chi connectivity index (χ2n) is 6.83. The molecular formula is C20H20F3NO3. The van der Waals surface area contributed by atoms with Gasteiger partial charge in [0.25, 0.3) is 0 Å². The second kappa shape index (κ2) is 7.21. The molecule has 0 radical (unpaired) electrons. The molecule has 3 rings (SSSR count). The number of carbonyl (C=O) groups is 2. The van der Waals surface area contributed by atoms with Crippen LogP contribution < -0.4 is 0 Å². The first kappa shape index (κ1) is 19.2. The van der Waals surface area contributed by atoms with Crippen LogP contribution in [0.1, 0.15) is 46.6 Å². The molecule has 4 nitrogen and oxygen atoms in total. The average molecular weight is 379 g/mol. The topological polar surface area (TPSA) is 48.3 Å². The summed E-state index contributed by atoms with van der Waals surface area (Å²) in [5.74, 6) is -0.842. The monoisotopic (exact) mass is 379 g/mol. The summed E-state index contributed by atoms with van der Waals surface area (Å²) >= 11 is 0. The summed E-state index contributed by atoms with van der Waals surface area (Å²) in [6, 6.07) is 6.54. The Kier molecular flexibility index (Phi) is 5.13. The molecule has 1 saturated carbocycles. The van der Waals surface area contributed by atoms with Gasteiger partial charge in [0.1, 0.15) is 0 Å². The third-order valence-corrected chi connectivity index (χ3v) is 4.95. The number of aryl methyl sites for hydroxylation is 1. The Bertz CT molecular complexity index is 879. The van der Waals surface area contributed by atoms with Crippen LogP contribution in [0.5, 0.6) is 0 Å². The lowest BCUT2D eigenvalue weighted by Gasteiger charge is -2.22. The molecule has 0 unspecified atom stereocenters. The number of ether oxygens (including phenoxy) is 1. The lowest BCUT2D eigenvalue weighted by atomic mass is 9.86. The summed E-state index contributed by atoms with van der Waals surface area (Å²) in [6.45, 7) is 3.01. The normalized spacial score (nSPS) is 14.7. The van der Waals surface area contributed by atoms with Crippen LogP contribution >= 0.6 is 0 Å². The highest BCUT2D eigenvalue weighted by molar-refractivity contribution is 5.99. The number of alkyl halides is 3. The Balaban J connectivity index is 1.82. The highest BCUT2D eigenvalue weighted by Crippen LogP contribution is 2.31. The van der Waals surface area contributed by atoms with Crippen LogP contribution in [0.15, 0.2) is 30.3 Å². The van der Waals surface area contributed by atoms with Crippen LogP contribution in [-0.2, 0) is 15.7 Å². The van der Waals surface area contributed by atoms with E-state index in [9.17, 15) is 22.8 Å². The number of nitrogens with zero attached hydrogens (tertiary/aromatic N) is 1. The SMILES string of the molecule is Cc1cc(C(=O)COC(=O)C2CCC2)c(C)n1-c1cccc(C(F)(F)F)c1. The van der Waals surface area contributed by atoms with Crippen molar-refractivity contribution in [3.05, 3.63) is 52.8 Å². The molecule has 0 atom stereocenters. The molecule has 1 fully saturated rings. The third kappa shape index (κ3) is 3.91. The fourth-order valence-electron chi connectivity index (χ4n) is 3.24. The van der Waals surface area contributed by atoms with E-state index in [0.717, 1.165) is 31.4 Å². The second-order valence-corrected chi connectivity index (χ2v) is 6.83. The molecule has 0 aliphatic heterocycles. The molecule has 1 aliphatic carbocycles. The number of carbonyl (C=O) groups excluding carboxylic acids is 2. The summed E-state index contributed by atoms with van der Waals surface area (Å²) in [5.41, 5.74) is 1.04. The first-order chi connectivity index (χ1) is 12.7. The third-order valence-electron chi connectivity index (χ3n) is 4.95. The molecule has 27 heavy (non-hydrogen) atoms. The number of hydrogen-bond donors (Lipinski definition) is 0. The number of aromatic nitrogens is 1. The number of benzene rings is 1. The van der Waals surface area contributed by atoms with Gasteiger partial charge in [-0.2, -0.15) is 13.2 Å². The number of hydrogen-bond acceptors (Lipinski definition) is 3. The van der Waals surface area contributed by atoms with E-state index < -0.39 is 11.7 Å². The van der Waals surface area contributed by atoms with Crippen LogP contribution in [0.3, 0.4) is 0 Å². The molecule has 0 spiro atoms. The Morgan fingerprint density at radius 1 is 1.19 bits per heavy atom. The predicted octanol–water partition coefficient (Wildman–Crippen LogP) is 4.64. The van der Waals surface area contributed by atoms with Gasteiger partial charge in [-0.15, -0.1) is 0 Å². The summed E-state index contributed by atoms with van der Waals surface area (Å²) in [6.07, 6.45) is -1.88. The predicted molar refractivity (Wildman–Crippen MR) is 92.9 cm³/mol. The molecule has 1 aromatic heterocycles. The molecule has 0 N–H and O–H groups in total. The van der Waals surface area contributed by atoms with Gasteiger partial charge in [0.05, 0.1) is 11.5 Å². The zero-order valence-electron chi connectivity index (χ0n) is 15.1. The number of rotatable bonds is 5. The van der Waals surface area contributed by atoms with Gasteiger partial charge >= 0.3 is 12.1 Å². The van der Waals surface area contributed by atoms with Gasteiger partial charge in [0, 0.05) is 22.6 Å². The van der Waals surface area contributed by atoms with Crippen LogP contribution in [0.2, 0.25) is 0 Å². The quantitative estimate of drug-likeness (QED) is 0.562. The molecule has 0 amide bonds. The molecule has 0 saturated heterocycles. The first-order valence-electron chi connectivity index (χ1n) is 8.75. The van der Waals surface area contributed by atoms with E-state index in [1.807, 2.05) is 0 Å². The largest absolute Gasteiger partial charge is 0.457 e. The average Bonchev–Trinajstić information content (AvgIpc) is 2.85. The van der Waals surface area contributed by atoms with E-state index in [1.54, 1.807) is 30.5 Å². The maximum atomic E-state index is 13.0. The molecular weight excluding hydrogens is 359 g/mol. The van der Waals surface area contributed by atoms with Crippen molar-refractivity contribution < 1.29 is 27.5 Å². The fraction of sp³-hybridized carbons (Fsp3) is 0.400. The molecule has 0 bridgehead atoms. The number of ketones is 1. The van der Waals surface area contributed by atoms with Crippen LogP contribution in [0, 0.1) is 19.8 Å². The van der Waals surface area contributed by atoms with Gasteiger partial charge in [-0.25, -0.2) is 0 Å². The molecule has 7 heteroatoms. The number of esters is 1. The van der Waals surface area contributed by atoms with E-state index >= 15 is 0 Å². The minimum atomic E-state index is -4.45. The minimum absolute atomic E-state index is 0.115. The highest BCUT2D eigenvalue weighted by atomic mass is 19.4. The lowest BCUT2D eigenvalue weighted by Crippen LogP contribution is -2.26. The molecule has 1 aromatic carbocycles. The number of halogens is 3. The zero-order chi connectivity index (χ0) is 19.8. The van der Waals surface area contributed by atoms with Crippen molar-refractivity contribution in [1.29, 1.82) is 0 Å². The molecule has 1 heterocycles. The summed E-state index contributed by atoms with van der Waals surface area (Å²) in [7, 11) is 0. The van der Waals surface area contributed by atoms with Crippen molar-refractivity contribution in [2.45, 2.75) is 39.3 Å². The van der Waals surface area contributed by atoms with E-state index in [0.29, 0.717) is 22.6 Å². The van der Waals surface area contributed by atoms with Crippen molar-refractivity contribution in [2.75, 3.05) is 6.61 Å². The highest BCUT2D eigenvalue weighted by Gasteiger charge is 2.31. The minimum Gasteiger partial charge on any atom is -0.457 e. The van der Waals surface area contributed by atoms with E-state index in [4.69, 9.17) is 4.74 Å². The van der Waals surface area contributed by atoms with Crippen molar-refractivity contribution in [3.63, 3.8) is 0 Å². The van der Waals surface area contributed by atoms with Gasteiger partial charge in [-0.3, -0.25) is 9.59 Å².